The molecule has 0 bridgehead atoms. The molecule has 1 aliphatic rings. The van der Waals surface area contributed by atoms with Crippen molar-refractivity contribution in [3.8, 4) is 11.8 Å². The van der Waals surface area contributed by atoms with Gasteiger partial charge in [0.1, 0.15) is 31.1 Å². The lowest BCUT2D eigenvalue weighted by molar-refractivity contribution is -0.894. The standard InChI is InChI=1S/C28H37N2O4/c1-4-33-28(32)12-10-21-9-11-25(18-29)27(17-21)34-20-26(31)19-30(2,3)14-13-22-15-23-7-5-6-8-24(23)16-22/h5-9,11,17,22,26,31H,4,10,12-16,19-20H2,1-3H3/q+1/t26-/m0/s1. The molecule has 0 fully saturated rings. The van der Waals surface area contributed by atoms with E-state index in [2.05, 4.69) is 44.4 Å². The molecule has 0 amide bonds. The van der Waals surface area contributed by atoms with Gasteiger partial charge in [-0.3, -0.25) is 4.79 Å². The Labute approximate surface area is 203 Å². The number of quaternary nitrogens is 1. The minimum Gasteiger partial charge on any atom is -0.489 e. The molecule has 1 aliphatic carbocycles. The fourth-order valence-corrected chi connectivity index (χ4v) is 4.70. The topological polar surface area (TPSA) is 79.6 Å². The van der Waals surface area contributed by atoms with Gasteiger partial charge >= 0.3 is 5.97 Å². The molecule has 0 heterocycles. The molecule has 2 aromatic rings. The summed E-state index contributed by atoms with van der Waals surface area (Å²) >= 11 is 0. The second-order valence-corrected chi connectivity index (χ2v) is 9.89. The lowest BCUT2D eigenvalue weighted by Crippen LogP contribution is -2.48. The number of likely N-dealkylation sites (N-methyl/N-ethyl adjacent to an activating group) is 1. The van der Waals surface area contributed by atoms with Crippen LogP contribution in [0.2, 0.25) is 0 Å². The van der Waals surface area contributed by atoms with E-state index >= 15 is 0 Å². The van der Waals surface area contributed by atoms with Crippen molar-refractivity contribution in [3.63, 3.8) is 0 Å². The molecule has 1 N–H and O–H groups in total. The van der Waals surface area contributed by atoms with Gasteiger partial charge in [-0.25, -0.2) is 0 Å². The Hall–Kier alpha value is -2.88. The van der Waals surface area contributed by atoms with E-state index in [1.54, 1.807) is 19.1 Å². The first-order valence-electron chi connectivity index (χ1n) is 12.2. The molecule has 34 heavy (non-hydrogen) atoms. The number of hydrogen-bond acceptors (Lipinski definition) is 5. The van der Waals surface area contributed by atoms with Crippen LogP contribution in [0.1, 0.15) is 42.0 Å². The number of esters is 1. The lowest BCUT2D eigenvalue weighted by Gasteiger charge is -2.32. The first kappa shape index (κ1) is 25.7. The number of nitrogens with zero attached hydrogens (tertiary/aromatic N) is 2. The minimum atomic E-state index is -0.648. The maximum absolute atomic E-state index is 11.6. The van der Waals surface area contributed by atoms with Crippen molar-refractivity contribution in [1.29, 1.82) is 5.26 Å². The van der Waals surface area contributed by atoms with E-state index in [9.17, 15) is 15.2 Å². The van der Waals surface area contributed by atoms with E-state index in [1.165, 1.54) is 11.1 Å². The van der Waals surface area contributed by atoms with E-state index in [0.717, 1.165) is 31.4 Å². The van der Waals surface area contributed by atoms with Crippen molar-refractivity contribution in [3.05, 3.63) is 64.7 Å². The molecule has 6 heteroatoms. The van der Waals surface area contributed by atoms with Crippen molar-refractivity contribution < 1.29 is 23.9 Å². The van der Waals surface area contributed by atoms with Gasteiger partial charge in [-0.2, -0.15) is 5.26 Å². The van der Waals surface area contributed by atoms with Gasteiger partial charge < -0.3 is 19.1 Å². The monoisotopic (exact) mass is 465 g/mol. The average Bonchev–Trinajstić information content (AvgIpc) is 3.23. The molecule has 0 aromatic heterocycles. The molecule has 2 aromatic carbocycles. The summed E-state index contributed by atoms with van der Waals surface area (Å²) in [7, 11) is 4.28. The van der Waals surface area contributed by atoms with Gasteiger partial charge in [0, 0.05) is 12.8 Å². The van der Waals surface area contributed by atoms with Crippen LogP contribution in [-0.4, -0.2) is 62.1 Å². The van der Waals surface area contributed by atoms with Crippen molar-refractivity contribution in [1.82, 2.24) is 0 Å². The Morgan fingerprint density at radius 1 is 1.21 bits per heavy atom. The Balaban J connectivity index is 1.47. The highest BCUT2D eigenvalue weighted by Gasteiger charge is 2.26. The molecule has 1 atom stereocenters. The molecule has 182 valence electrons. The highest BCUT2D eigenvalue weighted by Crippen LogP contribution is 2.29. The van der Waals surface area contributed by atoms with Crippen LogP contribution in [0.5, 0.6) is 5.75 Å². The molecule has 0 saturated heterocycles. The Kier molecular flexibility index (Phi) is 9.09. The SMILES string of the molecule is CCOC(=O)CCc1ccc(C#N)c(OC[C@@H](O)C[N+](C)(C)CCC2Cc3ccccc3C2)c1. The molecular formula is C28H37N2O4+. The summed E-state index contributed by atoms with van der Waals surface area (Å²) in [6.07, 6.45) is 3.55. The van der Waals surface area contributed by atoms with E-state index in [1.807, 2.05) is 6.07 Å². The Bertz CT molecular complexity index is 987. The number of aliphatic hydroxyl groups excluding tert-OH is 1. The third kappa shape index (κ3) is 7.58. The molecule has 0 saturated carbocycles. The largest absolute Gasteiger partial charge is 0.489 e. The number of carbonyl (C=O) groups is 1. The number of rotatable bonds is 12. The molecule has 6 nitrogen and oxygen atoms in total. The number of aliphatic hydroxyl groups is 1. The van der Waals surface area contributed by atoms with E-state index in [0.29, 0.717) is 41.3 Å². The second kappa shape index (κ2) is 12.0. The number of hydrogen-bond donors (Lipinski definition) is 1. The fourth-order valence-electron chi connectivity index (χ4n) is 4.70. The first-order chi connectivity index (χ1) is 16.3. The number of benzene rings is 2. The maximum Gasteiger partial charge on any atom is 0.306 e. The average molecular weight is 466 g/mol. The van der Waals surface area contributed by atoms with Crippen LogP contribution in [0.3, 0.4) is 0 Å². The van der Waals surface area contributed by atoms with Crippen LogP contribution in [0.15, 0.2) is 42.5 Å². The zero-order valence-corrected chi connectivity index (χ0v) is 20.6. The fraction of sp³-hybridized carbons (Fsp3) is 0.500. The third-order valence-corrected chi connectivity index (χ3v) is 6.50. The summed E-state index contributed by atoms with van der Waals surface area (Å²) in [5.41, 5.74) is 4.26. The van der Waals surface area contributed by atoms with Crippen LogP contribution in [-0.2, 0) is 28.8 Å². The van der Waals surface area contributed by atoms with Gasteiger partial charge in [0.2, 0.25) is 0 Å². The van der Waals surface area contributed by atoms with Crippen molar-refractivity contribution in [2.75, 3.05) is 40.4 Å². The van der Waals surface area contributed by atoms with Crippen molar-refractivity contribution in [2.24, 2.45) is 5.92 Å². The van der Waals surface area contributed by atoms with Gasteiger partial charge in [-0.1, -0.05) is 30.3 Å². The molecule has 0 unspecified atom stereocenters. The number of carbonyl (C=O) groups excluding carboxylic acids is 1. The zero-order valence-electron chi connectivity index (χ0n) is 20.6. The first-order valence-corrected chi connectivity index (χ1v) is 12.2. The Morgan fingerprint density at radius 3 is 2.56 bits per heavy atom. The zero-order chi connectivity index (χ0) is 24.6. The normalized spacial score (nSPS) is 14.3. The van der Waals surface area contributed by atoms with E-state index in [-0.39, 0.29) is 19.0 Å². The van der Waals surface area contributed by atoms with Crippen LogP contribution < -0.4 is 4.74 Å². The highest BCUT2D eigenvalue weighted by atomic mass is 16.5. The minimum absolute atomic E-state index is 0.118. The van der Waals surface area contributed by atoms with Crippen molar-refractivity contribution in [2.45, 2.75) is 45.1 Å². The molecule has 3 rings (SSSR count). The summed E-state index contributed by atoms with van der Waals surface area (Å²) in [4.78, 5) is 11.6. The molecule has 0 spiro atoms. The summed E-state index contributed by atoms with van der Waals surface area (Å²) in [5, 5.41) is 20.1. The quantitative estimate of drug-likeness (QED) is 0.382. The van der Waals surface area contributed by atoms with Crippen LogP contribution in [0.4, 0.5) is 0 Å². The number of aryl methyl sites for hydroxylation is 1. The summed E-state index contributed by atoms with van der Waals surface area (Å²) < 4.78 is 11.5. The second-order valence-electron chi connectivity index (χ2n) is 9.89. The van der Waals surface area contributed by atoms with Gasteiger partial charge in [0.25, 0.3) is 0 Å². The van der Waals surface area contributed by atoms with E-state index in [4.69, 9.17) is 9.47 Å². The van der Waals surface area contributed by atoms with Crippen LogP contribution in [0.25, 0.3) is 0 Å². The van der Waals surface area contributed by atoms with Gasteiger partial charge in [-0.05, 0) is 60.9 Å². The molecule has 0 radical (unpaired) electrons. The number of fused-ring (bicyclic) bond motifs is 1. The van der Waals surface area contributed by atoms with Crippen molar-refractivity contribution >= 4 is 5.97 Å². The molecular weight excluding hydrogens is 428 g/mol. The van der Waals surface area contributed by atoms with E-state index < -0.39 is 6.10 Å². The number of nitriles is 1. The summed E-state index contributed by atoms with van der Waals surface area (Å²) in [6.45, 7) is 3.82. The van der Waals surface area contributed by atoms with Crippen LogP contribution >= 0.6 is 0 Å². The number of ether oxygens (including phenoxy) is 2. The highest BCUT2D eigenvalue weighted by molar-refractivity contribution is 5.69. The van der Waals surface area contributed by atoms with Gasteiger partial charge in [0.05, 0.1) is 32.8 Å². The van der Waals surface area contributed by atoms with Crippen LogP contribution in [0, 0.1) is 17.2 Å². The summed E-state index contributed by atoms with van der Waals surface area (Å²) in [5.74, 6) is 0.863. The van der Waals surface area contributed by atoms with Gasteiger partial charge in [0.15, 0.2) is 0 Å². The summed E-state index contributed by atoms with van der Waals surface area (Å²) in [6, 6.07) is 16.1. The third-order valence-electron chi connectivity index (χ3n) is 6.50. The molecule has 0 aliphatic heterocycles. The predicted molar refractivity (Wildman–Crippen MR) is 131 cm³/mol. The Morgan fingerprint density at radius 2 is 1.91 bits per heavy atom. The lowest BCUT2D eigenvalue weighted by atomic mass is 10.0. The maximum atomic E-state index is 11.6. The predicted octanol–water partition coefficient (Wildman–Crippen LogP) is 3.68. The van der Waals surface area contributed by atoms with Gasteiger partial charge in [-0.15, -0.1) is 0 Å². The smallest absolute Gasteiger partial charge is 0.306 e.